The number of phenols is 1. The fraction of sp³-hybridized carbons (Fsp3) is 0.125. The second-order valence-corrected chi connectivity index (χ2v) is 5.89. The van der Waals surface area contributed by atoms with Crippen LogP contribution in [0.1, 0.15) is 16.7 Å². The van der Waals surface area contributed by atoms with Crippen LogP contribution in [0.25, 0.3) is 10.2 Å². The van der Waals surface area contributed by atoms with Crippen LogP contribution < -0.4 is 5.43 Å². The van der Waals surface area contributed by atoms with E-state index in [0.717, 1.165) is 32.0 Å². The van der Waals surface area contributed by atoms with Gasteiger partial charge in [0.2, 0.25) is 5.13 Å². The summed E-state index contributed by atoms with van der Waals surface area (Å²) in [5, 5.41) is 14.7. The molecular weight excluding hydrogens is 282 g/mol. The van der Waals surface area contributed by atoms with Crippen molar-refractivity contribution in [1.29, 1.82) is 0 Å². The third kappa shape index (κ3) is 2.87. The zero-order valence-corrected chi connectivity index (χ0v) is 12.6. The first kappa shape index (κ1) is 13.6. The average Bonchev–Trinajstić information content (AvgIpc) is 2.87. The Hall–Kier alpha value is -2.40. The predicted octanol–water partition coefficient (Wildman–Crippen LogP) is 4.06. The number of anilines is 1. The van der Waals surface area contributed by atoms with Gasteiger partial charge in [0.25, 0.3) is 0 Å². The second kappa shape index (κ2) is 5.54. The van der Waals surface area contributed by atoms with E-state index in [2.05, 4.69) is 15.5 Å². The topological polar surface area (TPSA) is 57.5 Å². The number of hydrogen-bond acceptors (Lipinski definition) is 5. The van der Waals surface area contributed by atoms with Crippen molar-refractivity contribution in [2.75, 3.05) is 5.43 Å². The highest BCUT2D eigenvalue weighted by atomic mass is 32.1. The fourth-order valence-electron chi connectivity index (χ4n) is 2.15. The number of aromatic hydroxyl groups is 1. The minimum absolute atomic E-state index is 0.339. The molecule has 0 fully saturated rings. The molecule has 4 nitrogen and oxygen atoms in total. The summed E-state index contributed by atoms with van der Waals surface area (Å²) >= 11 is 1.57. The number of para-hydroxylation sites is 1. The lowest BCUT2D eigenvalue weighted by molar-refractivity contribution is 0.467. The van der Waals surface area contributed by atoms with Crippen molar-refractivity contribution in [3.05, 3.63) is 53.1 Å². The van der Waals surface area contributed by atoms with Gasteiger partial charge in [-0.2, -0.15) is 5.10 Å². The number of fused-ring (bicyclic) bond motifs is 1. The number of nitrogens with zero attached hydrogens (tertiary/aromatic N) is 2. The number of nitrogens with one attached hydrogen (secondary N) is 1. The van der Waals surface area contributed by atoms with Crippen molar-refractivity contribution in [2.45, 2.75) is 13.8 Å². The van der Waals surface area contributed by atoms with Gasteiger partial charge < -0.3 is 5.11 Å². The van der Waals surface area contributed by atoms with Crippen LogP contribution in [0.5, 0.6) is 5.75 Å². The van der Waals surface area contributed by atoms with Crippen molar-refractivity contribution in [1.82, 2.24) is 4.98 Å². The van der Waals surface area contributed by atoms with E-state index in [-0.39, 0.29) is 0 Å². The van der Waals surface area contributed by atoms with Gasteiger partial charge in [-0.25, -0.2) is 4.98 Å². The quantitative estimate of drug-likeness (QED) is 0.566. The number of phenolic OH excluding ortho intramolecular Hbond substituents is 1. The van der Waals surface area contributed by atoms with Gasteiger partial charge >= 0.3 is 0 Å². The predicted molar refractivity (Wildman–Crippen MR) is 88.4 cm³/mol. The number of benzene rings is 2. The van der Waals surface area contributed by atoms with Crippen LogP contribution in [0.3, 0.4) is 0 Å². The van der Waals surface area contributed by atoms with Gasteiger partial charge in [-0.3, -0.25) is 5.43 Å². The third-order valence-electron chi connectivity index (χ3n) is 3.18. The Morgan fingerprint density at radius 3 is 2.62 bits per heavy atom. The SMILES string of the molecule is Cc1cc(C=NNc2nc3ccccc3s2)cc(C)c1O. The first-order chi connectivity index (χ1) is 10.1. The summed E-state index contributed by atoms with van der Waals surface area (Å²) in [5.74, 6) is 0.339. The Kier molecular flexibility index (Phi) is 3.58. The van der Waals surface area contributed by atoms with Gasteiger partial charge in [0, 0.05) is 0 Å². The summed E-state index contributed by atoms with van der Waals surface area (Å²) in [6, 6.07) is 11.8. The maximum Gasteiger partial charge on any atom is 0.204 e. The summed E-state index contributed by atoms with van der Waals surface area (Å²) in [7, 11) is 0. The second-order valence-electron chi connectivity index (χ2n) is 4.86. The third-order valence-corrected chi connectivity index (χ3v) is 4.12. The Morgan fingerprint density at radius 2 is 1.90 bits per heavy atom. The zero-order chi connectivity index (χ0) is 14.8. The summed E-state index contributed by atoms with van der Waals surface area (Å²) in [6.45, 7) is 3.75. The number of hydrazone groups is 1. The molecule has 0 radical (unpaired) electrons. The zero-order valence-electron chi connectivity index (χ0n) is 11.8. The molecule has 2 aromatic carbocycles. The van der Waals surface area contributed by atoms with Crippen molar-refractivity contribution < 1.29 is 5.11 Å². The van der Waals surface area contributed by atoms with Crippen LogP contribution in [0, 0.1) is 13.8 Å². The lowest BCUT2D eigenvalue weighted by Gasteiger charge is -2.04. The Bertz CT molecular complexity index is 767. The van der Waals surface area contributed by atoms with E-state index in [1.807, 2.05) is 50.2 Å². The number of hydrogen-bond donors (Lipinski definition) is 2. The molecule has 5 heteroatoms. The van der Waals surface area contributed by atoms with Crippen molar-refractivity contribution in [3.63, 3.8) is 0 Å². The minimum Gasteiger partial charge on any atom is -0.507 e. The summed E-state index contributed by atoms with van der Waals surface area (Å²) in [6.07, 6.45) is 1.73. The smallest absolute Gasteiger partial charge is 0.204 e. The van der Waals surface area contributed by atoms with E-state index in [0.29, 0.717) is 5.75 Å². The summed E-state index contributed by atoms with van der Waals surface area (Å²) in [5.41, 5.74) is 6.55. The van der Waals surface area contributed by atoms with Crippen LogP contribution >= 0.6 is 11.3 Å². The van der Waals surface area contributed by atoms with Crippen molar-refractivity contribution in [3.8, 4) is 5.75 Å². The molecule has 0 aliphatic rings. The number of aromatic nitrogens is 1. The highest BCUT2D eigenvalue weighted by Gasteiger charge is 2.03. The van der Waals surface area contributed by atoms with Gasteiger partial charge in [0.15, 0.2) is 0 Å². The Labute approximate surface area is 126 Å². The van der Waals surface area contributed by atoms with Gasteiger partial charge in [0.1, 0.15) is 5.75 Å². The monoisotopic (exact) mass is 297 g/mol. The maximum atomic E-state index is 9.75. The van der Waals surface area contributed by atoms with Crippen molar-refractivity contribution >= 4 is 32.9 Å². The van der Waals surface area contributed by atoms with E-state index >= 15 is 0 Å². The minimum atomic E-state index is 0.339. The van der Waals surface area contributed by atoms with Gasteiger partial charge in [-0.05, 0) is 54.8 Å². The molecule has 106 valence electrons. The largest absolute Gasteiger partial charge is 0.507 e. The summed E-state index contributed by atoms with van der Waals surface area (Å²) < 4.78 is 1.13. The van der Waals surface area contributed by atoms with Gasteiger partial charge in [-0.1, -0.05) is 23.5 Å². The maximum absolute atomic E-state index is 9.75. The molecule has 0 unspecified atom stereocenters. The molecule has 0 aliphatic carbocycles. The fourth-order valence-corrected chi connectivity index (χ4v) is 2.96. The Morgan fingerprint density at radius 1 is 1.19 bits per heavy atom. The number of thiazole rings is 1. The van der Waals surface area contributed by atoms with Crippen molar-refractivity contribution in [2.24, 2.45) is 5.10 Å². The molecule has 0 saturated heterocycles. The molecule has 0 bridgehead atoms. The standard InChI is InChI=1S/C16H15N3OS/c1-10-7-12(8-11(2)15(10)20)9-17-19-16-18-13-5-3-4-6-14(13)21-16/h3-9,20H,1-2H3,(H,18,19). The van der Waals surface area contributed by atoms with Crippen LogP contribution in [0.2, 0.25) is 0 Å². The molecule has 3 aromatic rings. The lowest BCUT2D eigenvalue weighted by Crippen LogP contribution is -1.91. The highest BCUT2D eigenvalue weighted by molar-refractivity contribution is 7.22. The van der Waals surface area contributed by atoms with Gasteiger partial charge in [-0.15, -0.1) is 0 Å². The van der Waals surface area contributed by atoms with E-state index < -0.39 is 0 Å². The van der Waals surface area contributed by atoms with Gasteiger partial charge in [0.05, 0.1) is 16.4 Å². The molecule has 0 saturated carbocycles. The van der Waals surface area contributed by atoms with E-state index in [4.69, 9.17) is 0 Å². The first-order valence-electron chi connectivity index (χ1n) is 6.58. The molecule has 3 rings (SSSR count). The van der Waals surface area contributed by atoms with E-state index in [1.165, 1.54) is 0 Å². The van der Waals surface area contributed by atoms with E-state index in [1.54, 1.807) is 17.6 Å². The highest BCUT2D eigenvalue weighted by Crippen LogP contribution is 2.25. The first-order valence-corrected chi connectivity index (χ1v) is 7.40. The molecule has 2 N–H and O–H groups in total. The molecule has 0 atom stereocenters. The van der Waals surface area contributed by atoms with Crippen LogP contribution in [-0.2, 0) is 0 Å². The molecule has 0 amide bonds. The molecule has 0 aliphatic heterocycles. The molecule has 1 aromatic heterocycles. The Balaban J connectivity index is 1.77. The number of rotatable bonds is 3. The average molecular weight is 297 g/mol. The molecule has 21 heavy (non-hydrogen) atoms. The molecule has 0 spiro atoms. The van der Waals surface area contributed by atoms with Crippen LogP contribution in [-0.4, -0.2) is 16.3 Å². The molecular formula is C16H15N3OS. The molecule has 1 heterocycles. The van der Waals surface area contributed by atoms with E-state index in [9.17, 15) is 5.11 Å². The summed E-state index contributed by atoms with van der Waals surface area (Å²) in [4.78, 5) is 4.45. The normalized spacial score (nSPS) is 11.3. The number of aryl methyl sites for hydroxylation is 2. The van der Waals surface area contributed by atoms with Crippen LogP contribution in [0.15, 0.2) is 41.5 Å². The van der Waals surface area contributed by atoms with Crippen LogP contribution in [0.4, 0.5) is 5.13 Å². The lowest BCUT2D eigenvalue weighted by atomic mass is 10.1.